The Bertz CT molecular complexity index is 849. The standard InChI is InChI=1S/C16H13F2N5O/c17-12-1-2-13(18)10(5-12)7-23-8-11(9-23)16-21-15(22-24-16)14-6-19-3-4-20-14/h1-6,11H,7-9H2. The molecular weight excluding hydrogens is 316 g/mol. The molecule has 0 saturated carbocycles. The number of benzene rings is 1. The molecule has 1 aliphatic rings. The van der Waals surface area contributed by atoms with Gasteiger partial charge in [-0.3, -0.25) is 9.88 Å². The lowest BCUT2D eigenvalue weighted by molar-refractivity contribution is 0.116. The maximum atomic E-state index is 13.7. The van der Waals surface area contributed by atoms with E-state index in [0.29, 0.717) is 42.6 Å². The highest BCUT2D eigenvalue weighted by molar-refractivity contribution is 5.45. The van der Waals surface area contributed by atoms with E-state index in [0.717, 1.165) is 12.1 Å². The fourth-order valence-corrected chi connectivity index (χ4v) is 2.68. The molecule has 3 heterocycles. The zero-order chi connectivity index (χ0) is 16.5. The van der Waals surface area contributed by atoms with Crippen LogP contribution in [0.5, 0.6) is 0 Å². The summed E-state index contributed by atoms with van der Waals surface area (Å²) < 4.78 is 32.1. The van der Waals surface area contributed by atoms with Crippen LogP contribution < -0.4 is 0 Å². The minimum absolute atomic E-state index is 0.0829. The summed E-state index contributed by atoms with van der Waals surface area (Å²) in [6.45, 7) is 1.65. The van der Waals surface area contributed by atoms with Crippen LogP contribution in [0.1, 0.15) is 17.4 Å². The topological polar surface area (TPSA) is 67.9 Å². The van der Waals surface area contributed by atoms with E-state index in [1.54, 1.807) is 18.6 Å². The van der Waals surface area contributed by atoms with Crippen LogP contribution in [0.25, 0.3) is 11.5 Å². The first-order valence-electron chi connectivity index (χ1n) is 7.45. The summed E-state index contributed by atoms with van der Waals surface area (Å²) >= 11 is 0. The lowest BCUT2D eigenvalue weighted by Crippen LogP contribution is -2.44. The van der Waals surface area contributed by atoms with Crippen molar-refractivity contribution in [3.63, 3.8) is 0 Å². The molecule has 0 atom stereocenters. The molecule has 0 bridgehead atoms. The van der Waals surface area contributed by atoms with E-state index in [4.69, 9.17) is 4.52 Å². The molecule has 8 heteroatoms. The Labute approximate surface area is 136 Å². The first-order chi connectivity index (χ1) is 11.7. The van der Waals surface area contributed by atoms with Crippen LogP contribution in [0.15, 0.2) is 41.3 Å². The van der Waals surface area contributed by atoms with Crippen molar-refractivity contribution < 1.29 is 13.3 Å². The Morgan fingerprint density at radius 1 is 1.21 bits per heavy atom. The molecule has 1 fully saturated rings. The Morgan fingerprint density at radius 2 is 2.08 bits per heavy atom. The van der Waals surface area contributed by atoms with Gasteiger partial charge in [0.05, 0.1) is 12.1 Å². The molecular formula is C16H13F2N5O. The monoisotopic (exact) mass is 329 g/mol. The van der Waals surface area contributed by atoms with Crippen molar-refractivity contribution >= 4 is 0 Å². The third kappa shape index (κ3) is 2.88. The van der Waals surface area contributed by atoms with Crippen molar-refractivity contribution in [1.29, 1.82) is 0 Å². The van der Waals surface area contributed by atoms with Gasteiger partial charge in [-0.1, -0.05) is 5.16 Å². The molecule has 0 N–H and O–H groups in total. The zero-order valence-electron chi connectivity index (χ0n) is 12.6. The van der Waals surface area contributed by atoms with E-state index in [1.165, 1.54) is 6.07 Å². The van der Waals surface area contributed by atoms with Gasteiger partial charge in [0.25, 0.3) is 0 Å². The number of hydrogen-bond acceptors (Lipinski definition) is 6. The normalized spacial score (nSPS) is 15.4. The van der Waals surface area contributed by atoms with E-state index in [1.807, 2.05) is 4.90 Å². The molecule has 0 aliphatic carbocycles. The summed E-state index contributed by atoms with van der Waals surface area (Å²) in [5, 5.41) is 3.91. The third-order valence-electron chi connectivity index (χ3n) is 3.94. The maximum absolute atomic E-state index is 13.7. The predicted molar refractivity (Wildman–Crippen MR) is 79.7 cm³/mol. The van der Waals surface area contributed by atoms with E-state index >= 15 is 0 Å². The molecule has 1 saturated heterocycles. The van der Waals surface area contributed by atoms with Crippen molar-refractivity contribution in [3.8, 4) is 11.5 Å². The summed E-state index contributed by atoms with van der Waals surface area (Å²) in [6.07, 6.45) is 4.69. The van der Waals surface area contributed by atoms with Crippen molar-refractivity contribution in [3.05, 3.63) is 59.9 Å². The zero-order valence-corrected chi connectivity index (χ0v) is 12.6. The first kappa shape index (κ1) is 14.8. The molecule has 122 valence electrons. The lowest BCUT2D eigenvalue weighted by atomic mass is 9.99. The van der Waals surface area contributed by atoms with Crippen molar-refractivity contribution in [2.45, 2.75) is 12.5 Å². The molecule has 0 amide bonds. The molecule has 2 aromatic heterocycles. The Kier molecular flexibility index (Phi) is 3.73. The summed E-state index contributed by atoms with van der Waals surface area (Å²) in [5.74, 6) is 0.162. The largest absolute Gasteiger partial charge is 0.339 e. The highest BCUT2D eigenvalue weighted by Gasteiger charge is 2.33. The van der Waals surface area contributed by atoms with Gasteiger partial charge in [-0.05, 0) is 18.2 Å². The quantitative estimate of drug-likeness (QED) is 0.732. The number of nitrogens with zero attached hydrogens (tertiary/aromatic N) is 5. The molecule has 24 heavy (non-hydrogen) atoms. The average Bonchev–Trinajstić information content (AvgIpc) is 3.04. The van der Waals surface area contributed by atoms with Gasteiger partial charge in [-0.2, -0.15) is 4.98 Å². The van der Waals surface area contributed by atoms with Gasteiger partial charge in [-0.25, -0.2) is 13.8 Å². The molecule has 0 spiro atoms. The summed E-state index contributed by atoms with van der Waals surface area (Å²) in [5.41, 5.74) is 0.893. The fourth-order valence-electron chi connectivity index (χ4n) is 2.68. The molecule has 6 nitrogen and oxygen atoms in total. The minimum Gasteiger partial charge on any atom is -0.339 e. The fraction of sp³-hybridized carbons (Fsp3) is 0.250. The van der Waals surface area contributed by atoms with Crippen LogP contribution in [-0.2, 0) is 6.54 Å². The molecule has 4 rings (SSSR count). The second-order valence-electron chi connectivity index (χ2n) is 5.67. The van der Waals surface area contributed by atoms with Gasteiger partial charge < -0.3 is 4.52 Å². The van der Waals surface area contributed by atoms with Gasteiger partial charge in [0.15, 0.2) is 0 Å². The predicted octanol–water partition coefficient (Wildman–Crippen LogP) is 2.40. The lowest BCUT2D eigenvalue weighted by Gasteiger charge is -2.37. The summed E-state index contributed by atoms with van der Waals surface area (Å²) in [6, 6.07) is 3.48. The molecule has 1 aliphatic heterocycles. The van der Waals surface area contributed by atoms with Crippen molar-refractivity contribution in [1.82, 2.24) is 25.0 Å². The molecule has 0 radical (unpaired) electrons. The molecule has 1 aromatic carbocycles. The van der Waals surface area contributed by atoms with Gasteiger partial charge in [0.1, 0.15) is 17.3 Å². The Balaban J connectivity index is 1.39. The number of aromatic nitrogens is 4. The highest BCUT2D eigenvalue weighted by Crippen LogP contribution is 2.28. The van der Waals surface area contributed by atoms with E-state index in [2.05, 4.69) is 20.1 Å². The van der Waals surface area contributed by atoms with Crippen LogP contribution in [-0.4, -0.2) is 38.1 Å². The van der Waals surface area contributed by atoms with Crippen molar-refractivity contribution in [2.75, 3.05) is 13.1 Å². The van der Waals surface area contributed by atoms with E-state index in [-0.39, 0.29) is 5.92 Å². The minimum atomic E-state index is -0.436. The first-order valence-corrected chi connectivity index (χ1v) is 7.45. The number of rotatable bonds is 4. The molecule has 0 unspecified atom stereocenters. The highest BCUT2D eigenvalue weighted by atomic mass is 19.1. The number of halogens is 2. The maximum Gasteiger partial charge on any atom is 0.232 e. The van der Waals surface area contributed by atoms with Gasteiger partial charge in [0.2, 0.25) is 11.7 Å². The Morgan fingerprint density at radius 3 is 2.88 bits per heavy atom. The van der Waals surface area contributed by atoms with E-state index in [9.17, 15) is 8.78 Å². The van der Waals surface area contributed by atoms with Crippen LogP contribution in [0.4, 0.5) is 8.78 Å². The van der Waals surface area contributed by atoms with Gasteiger partial charge in [-0.15, -0.1) is 0 Å². The molecule has 3 aromatic rings. The van der Waals surface area contributed by atoms with Crippen LogP contribution in [0.3, 0.4) is 0 Å². The van der Waals surface area contributed by atoms with Crippen molar-refractivity contribution in [2.24, 2.45) is 0 Å². The Hall–Kier alpha value is -2.74. The van der Waals surface area contributed by atoms with Gasteiger partial charge in [0, 0.05) is 37.6 Å². The van der Waals surface area contributed by atoms with E-state index < -0.39 is 11.6 Å². The average molecular weight is 329 g/mol. The SMILES string of the molecule is Fc1ccc(F)c(CN2CC(c3nc(-c4cnccn4)no3)C2)c1. The number of hydrogen-bond donors (Lipinski definition) is 0. The van der Waals surface area contributed by atoms with Gasteiger partial charge >= 0.3 is 0 Å². The number of likely N-dealkylation sites (tertiary alicyclic amines) is 1. The smallest absolute Gasteiger partial charge is 0.232 e. The summed E-state index contributed by atoms with van der Waals surface area (Å²) in [7, 11) is 0. The van der Waals surface area contributed by atoms with Crippen LogP contribution >= 0.6 is 0 Å². The summed E-state index contributed by atoms with van der Waals surface area (Å²) in [4.78, 5) is 14.4. The second kappa shape index (κ2) is 6.04. The van der Waals surface area contributed by atoms with Crippen LogP contribution in [0, 0.1) is 11.6 Å². The second-order valence-corrected chi connectivity index (χ2v) is 5.67. The van der Waals surface area contributed by atoms with Crippen LogP contribution in [0.2, 0.25) is 0 Å². The third-order valence-corrected chi connectivity index (χ3v) is 3.94.